The second-order valence-corrected chi connectivity index (χ2v) is 5.55. The SMILES string of the molecule is O[C@@H]1[C@@H](O)[C@H](O)O[C@H]1[C@H](O)CO[C@@H]1O[C@@H]([C@H](O)CF)[C@H](O)[C@H]1O. The van der Waals surface area contributed by atoms with Crippen molar-refractivity contribution in [3.8, 4) is 0 Å². The van der Waals surface area contributed by atoms with E-state index in [1.165, 1.54) is 0 Å². The summed E-state index contributed by atoms with van der Waals surface area (Å²) in [5.41, 5.74) is 0. The maximum absolute atomic E-state index is 12.4. The molecule has 7 N–H and O–H groups in total. The lowest BCUT2D eigenvalue weighted by Gasteiger charge is -2.23. The number of hydrogen-bond donors (Lipinski definition) is 7. The van der Waals surface area contributed by atoms with Crippen LogP contribution in [-0.4, -0.2) is 110 Å². The van der Waals surface area contributed by atoms with Gasteiger partial charge in [0.05, 0.1) is 6.61 Å². The summed E-state index contributed by atoms with van der Waals surface area (Å²) in [4.78, 5) is 0. The maximum Gasteiger partial charge on any atom is 0.186 e. The van der Waals surface area contributed by atoms with Crippen molar-refractivity contribution in [2.75, 3.05) is 13.3 Å². The fourth-order valence-corrected chi connectivity index (χ4v) is 2.51. The van der Waals surface area contributed by atoms with Crippen LogP contribution in [0.1, 0.15) is 0 Å². The normalized spacial score (nSPS) is 47.0. The topological polar surface area (TPSA) is 169 Å². The Morgan fingerprint density at radius 1 is 0.826 bits per heavy atom. The van der Waals surface area contributed by atoms with Crippen LogP contribution in [0.15, 0.2) is 0 Å². The molecule has 0 aromatic rings. The lowest BCUT2D eigenvalue weighted by Crippen LogP contribution is -2.42. The number of aliphatic hydroxyl groups is 7. The van der Waals surface area contributed by atoms with E-state index in [1.54, 1.807) is 0 Å². The van der Waals surface area contributed by atoms with Gasteiger partial charge in [0.2, 0.25) is 0 Å². The Morgan fingerprint density at radius 2 is 1.39 bits per heavy atom. The summed E-state index contributed by atoms with van der Waals surface area (Å²) in [5.74, 6) is 0. The van der Waals surface area contributed by atoms with Gasteiger partial charge >= 0.3 is 0 Å². The molecule has 0 spiro atoms. The monoisotopic (exact) mass is 344 g/mol. The summed E-state index contributed by atoms with van der Waals surface area (Å²) < 4.78 is 27.2. The Balaban J connectivity index is 1.86. The summed E-state index contributed by atoms with van der Waals surface area (Å²) in [6.45, 7) is -1.74. The zero-order valence-electron chi connectivity index (χ0n) is 11.9. The smallest absolute Gasteiger partial charge is 0.186 e. The van der Waals surface area contributed by atoms with Gasteiger partial charge in [-0.3, -0.25) is 0 Å². The molecule has 2 heterocycles. The molecule has 2 fully saturated rings. The molecule has 0 radical (unpaired) electrons. The first-order valence-corrected chi connectivity index (χ1v) is 7.03. The maximum atomic E-state index is 12.4. The van der Waals surface area contributed by atoms with Gasteiger partial charge in [-0.15, -0.1) is 0 Å². The molecule has 0 aliphatic carbocycles. The molecule has 2 aliphatic rings. The van der Waals surface area contributed by atoms with Crippen LogP contribution < -0.4 is 0 Å². The van der Waals surface area contributed by atoms with E-state index in [9.17, 15) is 40.1 Å². The number of aliphatic hydroxyl groups excluding tert-OH is 7. The van der Waals surface area contributed by atoms with Crippen molar-refractivity contribution in [3.63, 3.8) is 0 Å². The van der Waals surface area contributed by atoms with Crippen LogP contribution in [0, 0.1) is 0 Å². The first-order chi connectivity index (χ1) is 10.8. The molecule has 0 aromatic carbocycles. The Bertz CT molecular complexity index is 387. The van der Waals surface area contributed by atoms with E-state index in [0.29, 0.717) is 0 Å². The molecule has 2 rings (SSSR count). The van der Waals surface area contributed by atoms with Crippen LogP contribution >= 0.6 is 0 Å². The fourth-order valence-electron chi connectivity index (χ4n) is 2.51. The Hall–Kier alpha value is -0.470. The van der Waals surface area contributed by atoms with Gasteiger partial charge in [0.15, 0.2) is 12.6 Å². The first-order valence-electron chi connectivity index (χ1n) is 7.03. The average molecular weight is 344 g/mol. The Labute approximate surface area is 130 Å². The number of halogens is 1. The minimum Gasteiger partial charge on any atom is -0.388 e. The highest BCUT2D eigenvalue weighted by atomic mass is 19.1. The summed E-state index contributed by atoms with van der Waals surface area (Å²) in [6.07, 6.45) is -15.3. The van der Waals surface area contributed by atoms with E-state index in [0.717, 1.165) is 0 Å². The van der Waals surface area contributed by atoms with Crippen LogP contribution in [-0.2, 0) is 14.2 Å². The number of ether oxygens (including phenoxy) is 3. The third-order valence-electron chi connectivity index (χ3n) is 3.88. The average Bonchev–Trinajstić information content (AvgIpc) is 2.96. The largest absolute Gasteiger partial charge is 0.388 e. The minimum atomic E-state index is -1.66. The van der Waals surface area contributed by atoms with Gasteiger partial charge in [0, 0.05) is 0 Å². The summed E-state index contributed by atoms with van der Waals surface area (Å²) in [7, 11) is 0. The van der Waals surface area contributed by atoms with Crippen LogP contribution in [0.2, 0.25) is 0 Å². The van der Waals surface area contributed by atoms with Gasteiger partial charge in [-0.2, -0.15) is 0 Å². The van der Waals surface area contributed by atoms with Crippen LogP contribution in [0.4, 0.5) is 4.39 Å². The number of alkyl halides is 1. The first kappa shape index (κ1) is 18.9. The second-order valence-electron chi connectivity index (χ2n) is 5.55. The Kier molecular flexibility index (Phi) is 6.24. The van der Waals surface area contributed by atoms with Gasteiger partial charge in [-0.25, -0.2) is 4.39 Å². The Morgan fingerprint density at radius 3 is 1.91 bits per heavy atom. The summed E-state index contributed by atoms with van der Waals surface area (Å²) in [6, 6.07) is 0. The molecular formula is C12H21FO10. The van der Waals surface area contributed by atoms with Crippen molar-refractivity contribution in [2.45, 2.75) is 61.4 Å². The zero-order valence-corrected chi connectivity index (χ0v) is 11.9. The molecule has 2 aliphatic heterocycles. The lowest BCUT2D eigenvalue weighted by atomic mass is 10.1. The number of hydrogen-bond acceptors (Lipinski definition) is 10. The third-order valence-corrected chi connectivity index (χ3v) is 3.88. The highest BCUT2D eigenvalue weighted by Crippen LogP contribution is 2.26. The van der Waals surface area contributed by atoms with Crippen molar-refractivity contribution in [3.05, 3.63) is 0 Å². The lowest BCUT2D eigenvalue weighted by molar-refractivity contribution is -0.205. The molecule has 10 nitrogen and oxygen atoms in total. The molecule has 136 valence electrons. The van der Waals surface area contributed by atoms with Crippen molar-refractivity contribution in [1.29, 1.82) is 0 Å². The van der Waals surface area contributed by atoms with Crippen LogP contribution in [0.5, 0.6) is 0 Å². The van der Waals surface area contributed by atoms with Gasteiger partial charge in [-0.1, -0.05) is 0 Å². The molecule has 0 saturated carbocycles. The quantitative estimate of drug-likeness (QED) is 0.250. The van der Waals surface area contributed by atoms with Gasteiger partial charge in [0.25, 0.3) is 0 Å². The van der Waals surface area contributed by atoms with Crippen molar-refractivity contribution < 1.29 is 54.3 Å². The second kappa shape index (κ2) is 7.61. The van der Waals surface area contributed by atoms with E-state index in [-0.39, 0.29) is 0 Å². The number of rotatable bonds is 6. The van der Waals surface area contributed by atoms with Crippen molar-refractivity contribution >= 4 is 0 Å². The molecule has 2 saturated heterocycles. The van der Waals surface area contributed by atoms with E-state index in [1.807, 2.05) is 0 Å². The predicted octanol–water partition coefficient (Wildman–Crippen LogP) is -4.42. The predicted molar refractivity (Wildman–Crippen MR) is 67.5 cm³/mol. The highest BCUT2D eigenvalue weighted by molar-refractivity contribution is 4.92. The van der Waals surface area contributed by atoms with E-state index in [4.69, 9.17) is 14.2 Å². The molecule has 11 heteroatoms. The van der Waals surface area contributed by atoms with Crippen molar-refractivity contribution in [2.24, 2.45) is 0 Å². The van der Waals surface area contributed by atoms with Crippen LogP contribution in [0.25, 0.3) is 0 Å². The van der Waals surface area contributed by atoms with E-state index < -0.39 is 74.7 Å². The van der Waals surface area contributed by atoms with E-state index >= 15 is 0 Å². The molecule has 23 heavy (non-hydrogen) atoms. The fraction of sp³-hybridized carbons (Fsp3) is 1.00. The van der Waals surface area contributed by atoms with Crippen molar-refractivity contribution in [1.82, 2.24) is 0 Å². The standard InChI is InChI=1S/C12H21FO10/c13-1-3(14)9-6(17)8(19)12(23-9)21-2-4(15)10-5(16)7(18)11(20)22-10/h3-12,14-20H,1-2H2/t3-,4-,5-,6-,7-,8-,9+,10+,11-,12-/m1/s1. The van der Waals surface area contributed by atoms with E-state index in [2.05, 4.69) is 0 Å². The summed E-state index contributed by atoms with van der Waals surface area (Å²) in [5, 5.41) is 66.7. The molecule has 0 aromatic heterocycles. The zero-order chi connectivity index (χ0) is 17.3. The highest BCUT2D eigenvalue weighted by Gasteiger charge is 2.48. The van der Waals surface area contributed by atoms with Gasteiger partial charge in [0.1, 0.15) is 55.5 Å². The minimum absolute atomic E-state index is 0.548. The molecule has 0 bridgehead atoms. The molecule has 10 atom stereocenters. The molecule has 0 unspecified atom stereocenters. The van der Waals surface area contributed by atoms with Gasteiger partial charge < -0.3 is 50.0 Å². The van der Waals surface area contributed by atoms with Crippen LogP contribution in [0.3, 0.4) is 0 Å². The third kappa shape index (κ3) is 3.79. The molecular weight excluding hydrogens is 323 g/mol. The summed E-state index contributed by atoms with van der Waals surface area (Å²) >= 11 is 0. The molecule has 0 amide bonds. The van der Waals surface area contributed by atoms with Gasteiger partial charge in [-0.05, 0) is 0 Å².